The highest BCUT2D eigenvalue weighted by atomic mass is 16.2. The van der Waals surface area contributed by atoms with E-state index in [-0.39, 0.29) is 11.9 Å². The quantitative estimate of drug-likeness (QED) is 0.923. The molecule has 2 aromatic heterocycles. The monoisotopic (exact) mass is 342 g/mol. The Balaban J connectivity index is 1.44. The van der Waals surface area contributed by atoms with E-state index in [1.165, 1.54) is 0 Å². The van der Waals surface area contributed by atoms with E-state index in [0.29, 0.717) is 18.3 Å². The maximum atomic E-state index is 12.9. The zero-order valence-corrected chi connectivity index (χ0v) is 14.8. The molecule has 0 saturated carbocycles. The van der Waals surface area contributed by atoms with Crippen LogP contribution in [-0.2, 0) is 0 Å². The van der Waals surface area contributed by atoms with Crippen LogP contribution < -0.4 is 5.32 Å². The van der Waals surface area contributed by atoms with E-state index in [2.05, 4.69) is 21.7 Å². The molecule has 1 N–H and O–H groups in total. The smallest absolute Gasteiger partial charge is 0.274 e. The minimum absolute atomic E-state index is 0.0381. The first-order valence-corrected chi connectivity index (χ1v) is 9.26. The molecule has 2 aliphatic heterocycles. The Morgan fingerprint density at radius 2 is 2.12 bits per heavy atom. The van der Waals surface area contributed by atoms with Crippen LogP contribution in [0.3, 0.4) is 0 Å². The van der Waals surface area contributed by atoms with Crippen LogP contribution in [0.15, 0.2) is 24.7 Å². The molecule has 25 heavy (non-hydrogen) atoms. The van der Waals surface area contributed by atoms with Crippen LogP contribution in [0.4, 0.5) is 0 Å². The molecule has 0 spiro atoms. The maximum absolute atomic E-state index is 12.9. The van der Waals surface area contributed by atoms with E-state index >= 15 is 0 Å². The third-order valence-corrected chi connectivity index (χ3v) is 5.26. The Bertz CT molecular complexity index is 730. The van der Waals surface area contributed by atoms with Gasteiger partial charge in [0.15, 0.2) is 0 Å². The van der Waals surface area contributed by atoms with Crippen LogP contribution in [0.2, 0.25) is 0 Å². The topological polar surface area (TPSA) is 68.0 Å². The normalized spacial score (nSPS) is 24.4. The van der Waals surface area contributed by atoms with Crippen LogP contribution in [0.25, 0.3) is 0 Å². The second kappa shape index (κ2) is 7.00. The number of likely N-dealkylation sites (tertiary alicyclic amines) is 1. The van der Waals surface area contributed by atoms with E-state index in [1.54, 1.807) is 0 Å². The lowest BCUT2D eigenvalue weighted by molar-refractivity contribution is 0.0665. The van der Waals surface area contributed by atoms with E-state index in [0.717, 1.165) is 50.9 Å². The van der Waals surface area contributed by atoms with Crippen LogP contribution in [0.5, 0.6) is 0 Å². The van der Waals surface area contributed by atoms with Crippen molar-refractivity contribution < 1.29 is 4.79 Å². The summed E-state index contributed by atoms with van der Waals surface area (Å²) in [5, 5.41) is 12.4. The first-order chi connectivity index (χ1) is 12.2. The first kappa shape index (κ1) is 16.3. The lowest BCUT2D eigenvalue weighted by atomic mass is 10.1. The van der Waals surface area contributed by atoms with Gasteiger partial charge < -0.3 is 10.2 Å². The molecular formula is C18H26N6O. The van der Waals surface area contributed by atoms with Crippen molar-refractivity contribution in [1.29, 1.82) is 0 Å². The number of amides is 1. The molecule has 0 radical (unpaired) electrons. The summed E-state index contributed by atoms with van der Waals surface area (Å²) in [5.41, 5.74) is 1.71. The summed E-state index contributed by atoms with van der Waals surface area (Å²) >= 11 is 0. The molecule has 7 nitrogen and oxygen atoms in total. The molecule has 134 valence electrons. The van der Waals surface area contributed by atoms with Gasteiger partial charge in [-0.2, -0.15) is 10.2 Å². The average Bonchev–Trinajstić information content (AvgIpc) is 3.31. The van der Waals surface area contributed by atoms with E-state index < -0.39 is 0 Å². The zero-order chi connectivity index (χ0) is 17.2. The van der Waals surface area contributed by atoms with Crippen LogP contribution in [0.1, 0.15) is 53.8 Å². The highest BCUT2D eigenvalue weighted by Gasteiger charge is 2.27. The predicted octanol–water partition coefficient (Wildman–Crippen LogP) is 1.79. The molecule has 2 aliphatic rings. The summed E-state index contributed by atoms with van der Waals surface area (Å²) in [4.78, 5) is 14.8. The van der Waals surface area contributed by atoms with Gasteiger partial charge in [-0.15, -0.1) is 0 Å². The average molecular weight is 342 g/mol. The van der Waals surface area contributed by atoms with Gasteiger partial charge in [0.1, 0.15) is 5.69 Å². The fourth-order valence-corrected chi connectivity index (χ4v) is 3.86. The standard InChI is InChI=1S/C18H26N6O/c1-14-10-20-24(12-14)16-5-3-8-22(13-16)18(25)17-6-9-23(21-17)15-4-2-7-19-11-15/h6,9-10,12,15-16,19H,2-5,7-8,11,13H2,1H3. The van der Waals surface area contributed by atoms with Crippen molar-refractivity contribution in [3.05, 3.63) is 35.9 Å². The molecule has 4 heterocycles. The van der Waals surface area contributed by atoms with E-state index in [1.807, 2.05) is 39.6 Å². The van der Waals surface area contributed by atoms with Crippen molar-refractivity contribution in [2.24, 2.45) is 0 Å². The molecule has 2 atom stereocenters. The molecule has 2 aromatic rings. The summed E-state index contributed by atoms with van der Waals surface area (Å²) in [5.74, 6) is 0.0381. The fourth-order valence-electron chi connectivity index (χ4n) is 3.86. The molecule has 4 rings (SSSR count). The molecule has 1 amide bonds. The number of nitrogens with zero attached hydrogens (tertiary/aromatic N) is 5. The number of carbonyl (C=O) groups is 1. The van der Waals surface area contributed by atoms with Crippen molar-refractivity contribution in [3.63, 3.8) is 0 Å². The largest absolute Gasteiger partial charge is 0.335 e. The minimum atomic E-state index is 0.0381. The second-order valence-electron chi connectivity index (χ2n) is 7.23. The Morgan fingerprint density at radius 3 is 2.88 bits per heavy atom. The molecule has 0 aliphatic carbocycles. The van der Waals surface area contributed by atoms with Crippen LogP contribution in [0, 0.1) is 6.92 Å². The van der Waals surface area contributed by atoms with Gasteiger partial charge in [0.05, 0.1) is 18.3 Å². The molecular weight excluding hydrogens is 316 g/mol. The first-order valence-electron chi connectivity index (χ1n) is 9.26. The number of carbonyl (C=O) groups excluding carboxylic acids is 1. The van der Waals surface area contributed by atoms with Crippen molar-refractivity contribution in [2.75, 3.05) is 26.2 Å². The predicted molar refractivity (Wildman–Crippen MR) is 94.5 cm³/mol. The van der Waals surface area contributed by atoms with Gasteiger partial charge in [-0.1, -0.05) is 0 Å². The molecule has 2 fully saturated rings. The summed E-state index contributed by atoms with van der Waals surface area (Å²) in [7, 11) is 0. The molecule has 2 saturated heterocycles. The van der Waals surface area contributed by atoms with Crippen molar-refractivity contribution in [3.8, 4) is 0 Å². The Hall–Kier alpha value is -2.15. The summed E-state index contributed by atoms with van der Waals surface area (Å²) in [6.07, 6.45) is 10.2. The Labute approximate surface area is 148 Å². The maximum Gasteiger partial charge on any atom is 0.274 e. The van der Waals surface area contributed by atoms with Gasteiger partial charge in [0, 0.05) is 32.0 Å². The van der Waals surface area contributed by atoms with Gasteiger partial charge in [-0.3, -0.25) is 14.2 Å². The minimum Gasteiger partial charge on any atom is -0.335 e. The van der Waals surface area contributed by atoms with Gasteiger partial charge >= 0.3 is 0 Å². The Morgan fingerprint density at radius 1 is 1.24 bits per heavy atom. The Kier molecular flexibility index (Phi) is 4.57. The molecule has 2 unspecified atom stereocenters. The number of hydrogen-bond donors (Lipinski definition) is 1. The summed E-state index contributed by atoms with van der Waals surface area (Å²) < 4.78 is 3.96. The van der Waals surface area contributed by atoms with E-state index in [4.69, 9.17) is 0 Å². The lowest BCUT2D eigenvalue weighted by Crippen LogP contribution is -2.41. The third kappa shape index (κ3) is 3.46. The SMILES string of the molecule is Cc1cnn(C2CCCN(C(=O)c3ccn(C4CCCNC4)n3)C2)c1. The second-order valence-corrected chi connectivity index (χ2v) is 7.23. The van der Waals surface area contributed by atoms with Crippen LogP contribution in [-0.4, -0.2) is 56.5 Å². The third-order valence-electron chi connectivity index (χ3n) is 5.26. The number of nitrogens with one attached hydrogen (secondary N) is 1. The highest BCUT2D eigenvalue weighted by molar-refractivity contribution is 5.92. The molecule has 7 heteroatoms. The van der Waals surface area contributed by atoms with E-state index in [9.17, 15) is 4.79 Å². The van der Waals surface area contributed by atoms with Gasteiger partial charge in [0.2, 0.25) is 0 Å². The van der Waals surface area contributed by atoms with Crippen molar-refractivity contribution in [2.45, 2.75) is 44.7 Å². The number of aryl methyl sites for hydroxylation is 1. The van der Waals surface area contributed by atoms with Crippen LogP contribution >= 0.6 is 0 Å². The van der Waals surface area contributed by atoms with Crippen molar-refractivity contribution in [1.82, 2.24) is 29.8 Å². The number of aromatic nitrogens is 4. The number of piperidine rings is 2. The zero-order valence-electron chi connectivity index (χ0n) is 14.8. The number of rotatable bonds is 3. The van der Waals surface area contributed by atoms with Gasteiger partial charge in [-0.05, 0) is 50.8 Å². The molecule has 0 bridgehead atoms. The molecule has 0 aromatic carbocycles. The number of hydrogen-bond acceptors (Lipinski definition) is 4. The van der Waals surface area contributed by atoms with Crippen molar-refractivity contribution >= 4 is 5.91 Å². The highest BCUT2D eigenvalue weighted by Crippen LogP contribution is 2.23. The summed E-state index contributed by atoms with van der Waals surface area (Å²) in [6.45, 7) is 5.55. The summed E-state index contributed by atoms with van der Waals surface area (Å²) in [6, 6.07) is 2.48. The van der Waals surface area contributed by atoms with Gasteiger partial charge in [0.25, 0.3) is 5.91 Å². The van der Waals surface area contributed by atoms with Gasteiger partial charge in [-0.25, -0.2) is 0 Å². The fraction of sp³-hybridized carbons (Fsp3) is 0.611. The lowest BCUT2D eigenvalue weighted by Gasteiger charge is -2.32.